The van der Waals surface area contributed by atoms with E-state index < -0.39 is 34.9 Å². The van der Waals surface area contributed by atoms with E-state index in [0.717, 1.165) is 0 Å². The molecule has 0 spiro atoms. The number of carbonyl (C=O) groups is 3. The second-order valence-electron chi connectivity index (χ2n) is 7.14. The van der Waals surface area contributed by atoms with Gasteiger partial charge in [0.2, 0.25) is 11.9 Å². The van der Waals surface area contributed by atoms with E-state index in [1.165, 1.54) is 18.2 Å². The number of aliphatic imine (C=N–C) groups is 1. The fourth-order valence-corrected chi connectivity index (χ4v) is 3.60. The highest BCUT2D eigenvalue weighted by molar-refractivity contribution is 6.08. The van der Waals surface area contributed by atoms with Crippen LogP contribution in [0.4, 0.5) is 10.5 Å². The number of carbonyl (C=O) groups excluding carboxylic acids is 3. The minimum atomic E-state index is -1.28. The van der Waals surface area contributed by atoms with Crippen LogP contribution in [0.25, 0.3) is 0 Å². The zero-order valence-corrected chi connectivity index (χ0v) is 17.9. The second kappa shape index (κ2) is 10.1. The number of esters is 1. The first-order valence-corrected chi connectivity index (χ1v) is 10.3. The highest BCUT2D eigenvalue weighted by Gasteiger charge is 2.42. The number of benzene rings is 1. The van der Waals surface area contributed by atoms with Gasteiger partial charge in [-0.3, -0.25) is 25.0 Å². The number of piperazine rings is 1. The predicted molar refractivity (Wildman–Crippen MR) is 112 cm³/mol. The van der Waals surface area contributed by atoms with Crippen molar-refractivity contribution in [2.45, 2.75) is 19.9 Å². The maximum absolute atomic E-state index is 12.9. The van der Waals surface area contributed by atoms with Crippen LogP contribution >= 0.6 is 0 Å². The van der Waals surface area contributed by atoms with Crippen molar-refractivity contribution in [1.29, 1.82) is 0 Å². The molecule has 0 saturated carbocycles. The number of nitro groups is 1. The molecule has 172 valence electrons. The lowest BCUT2D eigenvalue weighted by Crippen LogP contribution is -2.58. The van der Waals surface area contributed by atoms with Crippen LogP contribution in [0.2, 0.25) is 0 Å². The highest BCUT2D eigenvalue weighted by atomic mass is 16.6. The van der Waals surface area contributed by atoms with Gasteiger partial charge in [0, 0.05) is 38.3 Å². The summed E-state index contributed by atoms with van der Waals surface area (Å²) in [5.41, 5.74) is 0.186. The Balaban J connectivity index is 1.88. The Hall–Kier alpha value is -3.70. The van der Waals surface area contributed by atoms with E-state index in [9.17, 15) is 24.5 Å². The smallest absolute Gasteiger partial charge is 0.409 e. The van der Waals surface area contributed by atoms with Gasteiger partial charge in [-0.15, -0.1) is 0 Å². The van der Waals surface area contributed by atoms with Gasteiger partial charge in [-0.25, -0.2) is 9.79 Å². The molecule has 0 aromatic heterocycles. The molecule has 2 aliphatic rings. The molecule has 0 aliphatic carbocycles. The number of nitrogens with one attached hydrogen (secondary N) is 1. The lowest BCUT2D eigenvalue weighted by Gasteiger charge is -2.38. The van der Waals surface area contributed by atoms with Crippen molar-refractivity contribution in [3.8, 4) is 0 Å². The first-order valence-electron chi connectivity index (χ1n) is 10.3. The van der Waals surface area contributed by atoms with Gasteiger partial charge < -0.3 is 19.3 Å². The molecule has 2 aliphatic heterocycles. The molecule has 0 bridgehead atoms. The van der Waals surface area contributed by atoms with E-state index in [0.29, 0.717) is 31.7 Å². The topological polar surface area (TPSA) is 144 Å². The maximum atomic E-state index is 12.9. The van der Waals surface area contributed by atoms with Gasteiger partial charge >= 0.3 is 12.1 Å². The van der Waals surface area contributed by atoms with Gasteiger partial charge in [-0.2, -0.15) is 0 Å². The summed E-state index contributed by atoms with van der Waals surface area (Å²) in [5.74, 6) is -2.38. The third-order valence-electron chi connectivity index (χ3n) is 5.16. The largest absolute Gasteiger partial charge is 0.465 e. The summed E-state index contributed by atoms with van der Waals surface area (Å²) < 4.78 is 10.1. The van der Waals surface area contributed by atoms with Crippen LogP contribution < -0.4 is 5.32 Å². The van der Waals surface area contributed by atoms with Gasteiger partial charge in [-0.1, -0.05) is 12.1 Å². The van der Waals surface area contributed by atoms with Crippen molar-refractivity contribution in [3.63, 3.8) is 0 Å². The van der Waals surface area contributed by atoms with Crippen LogP contribution in [0.1, 0.15) is 25.5 Å². The minimum Gasteiger partial charge on any atom is -0.465 e. The number of non-ortho nitro benzene ring substituents is 1. The summed E-state index contributed by atoms with van der Waals surface area (Å²) >= 11 is 0. The number of nitrogens with zero attached hydrogens (tertiary/aromatic N) is 4. The van der Waals surface area contributed by atoms with E-state index in [1.807, 2.05) is 0 Å². The predicted octanol–water partition coefficient (Wildman–Crippen LogP) is 1.08. The zero-order chi connectivity index (χ0) is 23.3. The molecule has 2 heterocycles. The van der Waals surface area contributed by atoms with E-state index in [2.05, 4.69) is 10.3 Å². The Bertz CT molecular complexity index is 927. The molecule has 2 atom stereocenters. The van der Waals surface area contributed by atoms with Gasteiger partial charge in [0.1, 0.15) is 6.04 Å². The summed E-state index contributed by atoms with van der Waals surface area (Å²) in [4.78, 5) is 55.9. The number of guanidine groups is 1. The molecule has 32 heavy (non-hydrogen) atoms. The molecular formula is C20H25N5O7. The van der Waals surface area contributed by atoms with Gasteiger partial charge in [-0.05, 0) is 19.4 Å². The molecule has 1 aromatic carbocycles. The Labute approximate surface area is 184 Å². The van der Waals surface area contributed by atoms with Crippen molar-refractivity contribution >= 4 is 29.6 Å². The molecule has 2 amide bonds. The number of amides is 2. The van der Waals surface area contributed by atoms with Crippen LogP contribution in [0.15, 0.2) is 29.3 Å². The number of rotatable bonds is 5. The average Bonchev–Trinajstić information content (AvgIpc) is 2.79. The van der Waals surface area contributed by atoms with Crippen molar-refractivity contribution < 1.29 is 28.8 Å². The summed E-state index contributed by atoms with van der Waals surface area (Å²) in [5, 5.41) is 13.9. The lowest BCUT2D eigenvalue weighted by molar-refractivity contribution is -0.384. The Kier molecular flexibility index (Phi) is 7.23. The fraction of sp³-hybridized carbons (Fsp3) is 0.500. The third-order valence-corrected chi connectivity index (χ3v) is 5.16. The van der Waals surface area contributed by atoms with Crippen molar-refractivity contribution in [2.24, 2.45) is 10.9 Å². The third kappa shape index (κ3) is 4.95. The van der Waals surface area contributed by atoms with E-state index in [-0.39, 0.29) is 24.9 Å². The molecule has 3 rings (SSSR count). The van der Waals surface area contributed by atoms with Crippen LogP contribution in [0.3, 0.4) is 0 Å². The van der Waals surface area contributed by atoms with E-state index in [4.69, 9.17) is 9.47 Å². The molecule has 0 unspecified atom stereocenters. The van der Waals surface area contributed by atoms with Crippen LogP contribution in [-0.2, 0) is 19.1 Å². The first kappa shape index (κ1) is 23.0. The van der Waals surface area contributed by atoms with Gasteiger partial charge in [0.25, 0.3) is 5.69 Å². The molecule has 1 aromatic rings. The summed E-state index contributed by atoms with van der Waals surface area (Å²) in [6.07, 6.45) is -0.404. The quantitative estimate of drug-likeness (QED) is 0.306. The normalized spacial score (nSPS) is 20.8. The maximum Gasteiger partial charge on any atom is 0.409 e. The second-order valence-corrected chi connectivity index (χ2v) is 7.14. The summed E-state index contributed by atoms with van der Waals surface area (Å²) in [7, 11) is 0. The van der Waals surface area contributed by atoms with E-state index in [1.54, 1.807) is 29.7 Å². The monoisotopic (exact) mass is 447 g/mol. The Morgan fingerprint density at radius 1 is 1.19 bits per heavy atom. The number of hydrogen-bond acceptors (Lipinski definition) is 9. The molecular weight excluding hydrogens is 422 g/mol. The molecule has 0 radical (unpaired) electrons. The zero-order valence-electron chi connectivity index (χ0n) is 17.9. The van der Waals surface area contributed by atoms with Crippen LogP contribution in [-0.4, -0.2) is 78.0 Å². The standard InChI is InChI=1S/C20H25N5O7/c1-3-31-18(27)15-16(13-6-5-7-14(12-13)25(29)30)21-19(22-17(15)26)23-8-10-24(11-9-23)20(28)32-4-2/h5-7,12,15-16H,3-4,8-11H2,1-2H3,(H,21,22,26)/t15-,16-/m1/s1. The van der Waals surface area contributed by atoms with Crippen LogP contribution in [0, 0.1) is 16.0 Å². The summed E-state index contributed by atoms with van der Waals surface area (Å²) in [6.45, 7) is 5.24. The molecule has 12 nitrogen and oxygen atoms in total. The van der Waals surface area contributed by atoms with Gasteiger partial charge in [0.15, 0.2) is 5.92 Å². The minimum absolute atomic E-state index is 0.0800. The molecule has 1 fully saturated rings. The number of ether oxygens (including phenoxy) is 2. The highest BCUT2D eigenvalue weighted by Crippen LogP contribution is 2.32. The summed E-state index contributed by atoms with van der Waals surface area (Å²) in [6, 6.07) is 4.71. The van der Waals surface area contributed by atoms with Crippen molar-refractivity contribution in [2.75, 3.05) is 39.4 Å². The lowest BCUT2D eigenvalue weighted by atomic mass is 9.91. The van der Waals surface area contributed by atoms with Crippen LogP contribution in [0.5, 0.6) is 0 Å². The average molecular weight is 447 g/mol. The molecule has 1 N–H and O–H groups in total. The Morgan fingerprint density at radius 3 is 2.50 bits per heavy atom. The number of hydrogen-bond donors (Lipinski definition) is 1. The molecule has 12 heteroatoms. The number of nitro benzene ring substituents is 1. The van der Waals surface area contributed by atoms with Crippen molar-refractivity contribution in [1.82, 2.24) is 15.1 Å². The Morgan fingerprint density at radius 2 is 1.88 bits per heavy atom. The fourth-order valence-electron chi connectivity index (χ4n) is 3.60. The first-order chi connectivity index (χ1) is 15.3. The van der Waals surface area contributed by atoms with E-state index >= 15 is 0 Å². The molecule has 1 saturated heterocycles. The SMILES string of the molecule is CCOC(=O)[C@H]1C(=O)NC(N2CCN(C(=O)OCC)CC2)=N[C@@H]1c1cccc([N+](=O)[O-])c1. The van der Waals surface area contributed by atoms with Crippen molar-refractivity contribution in [3.05, 3.63) is 39.9 Å². The van der Waals surface area contributed by atoms with Gasteiger partial charge in [0.05, 0.1) is 18.1 Å².